The van der Waals surface area contributed by atoms with Gasteiger partial charge in [0.25, 0.3) is 0 Å². The third-order valence-electron chi connectivity index (χ3n) is 7.07. The van der Waals surface area contributed by atoms with Crippen molar-refractivity contribution >= 4 is 0 Å². The van der Waals surface area contributed by atoms with E-state index in [1.165, 1.54) is 5.56 Å². The van der Waals surface area contributed by atoms with Gasteiger partial charge >= 0.3 is 0 Å². The maximum Gasteiger partial charge on any atom is 0.126 e. The molecule has 1 spiro atoms. The van der Waals surface area contributed by atoms with Gasteiger partial charge in [-0.3, -0.25) is 0 Å². The number of ether oxygens (including phenoxy) is 2. The number of aliphatic hydroxyl groups is 2. The SMILES string of the molecule is COc1ccc2c(c1)[C@@H](O)CC1(CCN(C[C@H](O)c3ccc(-c4ccccc4)cc3)CC1)O2. The standard InChI is InChI=1S/C28H31NO4/c1-32-23-11-12-27-24(17-23)25(30)18-28(33-27)13-15-29(16-14-28)19-26(31)22-9-7-21(8-10-22)20-5-3-2-4-6-20/h2-12,17,25-26,30-31H,13-16,18-19H2,1H3/t25-,26-/m0/s1. The Morgan fingerprint density at radius 2 is 1.70 bits per heavy atom. The highest BCUT2D eigenvalue weighted by atomic mass is 16.5. The maximum atomic E-state index is 10.8. The summed E-state index contributed by atoms with van der Waals surface area (Å²) in [5.41, 5.74) is 3.71. The van der Waals surface area contributed by atoms with E-state index in [4.69, 9.17) is 9.47 Å². The fourth-order valence-electron chi connectivity index (χ4n) is 5.07. The first-order valence-electron chi connectivity index (χ1n) is 11.7. The second-order valence-electron chi connectivity index (χ2n) is 9.21. The molecule has 0 amide bonds. The summed E-state index contributed by atoms with van der Waals surface area (Å²) in [6.45, 7) is 2.26. The second-order valence-corrected chi connectivity index (χ2v) is 9.21. The van der Waals surface area contributed by atoms with Gasteiger partial charge in [-0.15, -0.1) is 0 Å². The van der Waals surface area contributed by atoms with Crippen LogP contribution < -0.4 is 9.47 Å². The van der Waals surface area contributed by atoms with Crippen molar-refractivity contribution in [3.8, 4) is 22.6 Å². The van der Waals surface area contributed by atoms with Crippen molar-refractivity contribution in [3.63, 3.8) is 0 Å². The first-order valence-corrected chi connectivity index (χ1v) is 11.7. The Morgan fingerprint density at radius 1 is 1.00 bits per heavy atom. The Kier molecular flexibility index (Phi) is 6.11. The molecule has 0 radical (unpaired) electrons. The van der Waals surface area contributed by atoms with Gasteiger partial charge in [0.05, 0.1) is 19.3 Å². The number of hydrogen-bond acceptors (Lipinski definition) is 5. The van der Waals surface area contributed by atoms with E-state index in [-0.39, 0.29) is 5.60 Å². The summed E-state index contributed by atoms with van der Waals surface area (Å²) in [6, 6.07) is 24.1. The maximum absolute atomic E-state index is 10.8. The monoisotopic (exact) mass is 445 g/mol. The third kappa shape index (κ3) is 4.62. The Hall–Kier alpha value is -2.86. The molecule has 0 aromatic heterocycles. The Balaban J connectivity index is 1.19. The van der Waals surface area contributed by atoms with E-state index in [9.17, 15) is 10.2 Å². The van der Waals surface area contributed by atoms with Gasteiger partial charge in [-0.05, 0) is 47.7 Å². The Bertz CT molecular complexity index is 1070. The Morgan fingerprint density at radius 3 is 2.39 bits per heavy atom. The van der Waals surface area contributed by atoms with Crippen LogP contribution in [0.1, 0.15) is 42.6 Å². The molecule has 5 rings (SSSR count). The van der Waals surface area contributed by atoms with Gasteiger partial charge < -0.3 is 24.6 Å². The molecule has 0 bridgehead atoms. The average molecular weight is 446 g/mol. The van der Waals surface area contributed by atoms with Crippen molar-refractivity contribution in [1.82, 2.24) is 4.90 Å². The number of fused-ring (bicyclic) bond motifs is 1. The fourth-order valence-corrected chi connectivity index (χ4v) is 5.07. The van der Waals surface area contributed by atoms with Gasteiger partial charge in [0.2, 0.25) is 0 Å². The van der Waals surface area contributed by atoms with E-state index in [1.807, 2.05) is 48.5 Å². The zero-order valence-corrected chi connectivity index (χ0v) is 19.0. The highest BCUT2D eigenvalue weighted by Gasteiger charge is 2.43. The molecule has 3 aromatic rings. The number of likely N-dealkylation sites (tertiary alicyclic amines) is 1. The number of nitrogens with zero attached hydrogens (tertiary/aromatic N) is 1. The van der Waals surface area contributed by atoms with Gasteiger partial charge in [0, 0.05) is 31.6 Å². The van der Waals surface area contributed by atoms with Crippen LogP contribution >= 0.6 is 0 Å². The molecule has 0 saturated carbocycles. The van der Waals surface area contributed by atoms with Crippen LogP contribution in [0.25, 0.3) is 11.1 Å². The van der Waals surface area contributed by atoms with Crippen LogP contribution in [0, 0.1) is 0 Å². The summed E-state index contributed by atoms with van der Waals surface area (Å²) in [7, 11) is 1.63. The lowest BCUT2D eigenvalue weighted by Crippen LogP contribution is -2.51. The van der Waals surface area contributed by atoms with Crippen LogP contribution in [-0.4, -0.2) is 47.5 Å². The summed E-state index contributed by atoms with van der Waals surface area (Å²) < 4.78 is 11.7. The second kappa shape index (κ2) is 9.18. The minimum Gasteiger partial charge on any atom is -0.497 e. The smallest absolute Gasteiger partial charge is 0.126 e. The molecular formula is C28H31NO4. The number of methoxy groups -OCH3 is 1. The predicted octanol–water partition coefficient (Wildman–Crippen LogP) is 4.75. The van der Waals surface area contributed by atoms with Gasteiger partial charge in [0.1, 0.15) is 17.1 Å². The van der Waals surface area contributed by atoms with Gasteiger partial charge in [-0.25, -0.2) is 0 Å². The molecule has 33 heavy (non-hydrogen) atoms. The van der Waals surface area contributed by atoms with Crippen molar-refractivity contribution < 1.29 is 19.7 Å². The zero-order chi connectivity index (χ0) is 22.8. The first kappa shape index (κ1) is 22.0. The molecule has 5 nitrogen and oxygen atoms in total. The van der Waals surface area contributed by atoms with Crippen LogP contribution in [-0.2, 0) is 0 Å². The van der Waals surface area contributed by atoms with E-state index < -0.39 is 12.2 Å². The normalized spacial score (nSPS) is 20.6. The van der Waals surface area contributed by atoms with Crippen LogP contribution in [0.5, 0.6) is 11.5 Å². The summed E-state index contributed by atoms with van der Waals surface area (Å²) in [6.07, 6.45) is 1.16. The van der Waals surface area contributed by atoms with Crippen LogP contribution in [0.4, 0.5) is 0 Å². The lowest BCUT2D eigenvalue weighted by atomic mass is 9.81. The summed E-state index contributed by atoms with van der Waals surface area (Å²) in [5.74, 6) is 1.48. The minimum atomic E-state index is -0.552. The molecule has 2 aliphatic rings. The topological polar surface area (TPSA) is 62.2 Å². The molecule has 2 N–H and O–H groups in total. The van der Waals surface area contributed by atoms with Gasteiger partial charge in [-0.2, -0.15) is 0 Å². The molecule has 0 aliphatic carbocycles. The third-order valence-corrected chi connectivity index (χ3v) is 7.07. The number of piperidine rings is 1. The number of β-amino-alcohol motifs (C(OH)–C–C–N with tert-alkyl or cyclic N) is 1. The highest BCUT2D eigenvalue weighted by molar-refractivity contribution is 5.63. The summed E-state index contributed by atoms with van der Waals surface area (Å²) in [4.78, 5) is 2.29. The van der Waals surface area contributed by atoms with Gasteiger partial charge in [-0.1, -0.05) is 54.6 Å². The van der Waals surface area contributed by atoms with Crippen LogP contribution in [0.15, 0.2) is 72.8 Å². The first-order chi connectivity index (χ1) is 16.0. The molecule has 172 valence electrons. The minimum absolute atomic E-state index is 0.347. The lowest BCUT2D eigenvalue weighted by Gasteiger charge is -2.46. The summed E-state index contributed by atoms with van der Waals surface area (Å²) >= 11 is 0. The van der Waals surface area contributed by atoms with Crippen LogP contribution in [0.3, 0.4) is 0 Å². The number of hydrogen-bond donors (Lipinski definition) is 2. The molecular weight excluding hydrogens is 414 g/mol. The van der Waals surface area contributed by atoms with E-state index in [0.29, 0.717) is 13.0 Å². The molecule has 2 atom stereocenters. The zero-order valence-electron chi connectivity index (χ0n) is 19.0. The van der Waals surface area contributed by atoms with Gasteiger partial charge in [0.15, 0.2) is 0 Å². The molecule has 0 unspecified atom stereocenters. The van der Waals surface area contributed by atoms with Crippen molar-refractivity contribution in [1.29, 1.82) is 0 Å². The molecule has 2 heterocycles. The quantitative estimate of drug-likeness (QED) is 0.594. The summed E-state index contributed by atoms with van der Waals surface area (Å²) in [5, 5.41) is 21.6. The van der Waals surface area contributed by atoms with Crippen molar-refractivity contribution in [2.45, 2.75) is 37.1 Å². The van der Waals surface area contributed by atoms with Crippen LogP contribution in [0.2, 0.25) is 0 Å². The predicted molar refractivity (Wildman–Crippen MR) is 128 cm³/mol. The number of aliphatic hydroxyl groups excluding tert-OH is 2. The van der Waals surface area contributed by atoms with Crippen molar-refractivity contribution in [3.05, 3.63) is 83.9 Å². The molecule has 1 saturated heterocycles. The molecule has 2 aliphatic heterocycles. The lowest BCUT2D eigenvalue weighted by molar-refractivity contribution is -0.0588. The van der Waals surface area contributed by atoms with Crippen molar-refractivity contribution in [2.24, 2.45) is 0 Å². The molecule has 5 heteroatoms. The van der Waals surface area contributed by atoms with Crippen molar-refractivity contribution in [2.75, 3.05) is 26.7 Å². The largest absolute Gasteiger partial charge is 0.497 e. The van der Waals surface area contributed by atoms with E-state index in [1.54, 1.807) is 7.11 Å². The Labute approximate surface area is 195 Å². The highest BCUT2D eigenvalue weighted by Crippen LogP contribution is 2.45. The van der Waals surface area contributed by atoms with E-state index >= 15 is 0 Å². The average Bonchev–Trinajstić information content (AvgIpc) is 2.86. The van der Waals surface area contributed by atoms with E-state index in [2.05, 4.69) is 29.2 Å². The molecule has 3 aromatic carbocycles. The number of rotatable bonds is 5. The van der Waals surface area contributed by atoms with E-state index in [0.717, 1.165) is 54.1 Å². The fraction of sp³-hybridized carbons (Fsp3) is 0.357. The molecule has 1 fully saturated rings. The number of benzene rings is 3.